The number of rotatable bonds is 3. The van der Waals surface area contributed by atoms with Crippen LogP contribution in [0.3, 0.4) is 0 Å². The van der Waals surface area contributed by atoms with Gasteiger partial charge in [-0.1, -0.05) is 12.1 Å². The maximum Gasteiger partial charge on any atom is 0.203 e. The molecule has 1 aromatic carbocycles. The van der Waals surface area contributed by atoms with Crippen LogP contribution in [0.15, 0.2) is 42.6 Å². The molecule has 0 saturated heterocycles. The summed E-state index contributed by atoms with van der Waals surface area (Å²) in [4.78, 5) is 0. The minimum atomic E-state index is 0.697. The number of benzene rings is 1. The fraction of sp³-hybridized carbons (Fsp3) is 0.143. The third-order valence-corrected chi connectivity index (χ3v) is 2.95. The Morgan fingerprint density at radius 1 is 1.00 bits per heavy atom. The summed E-state index contributed by atoms with van der Waals surface area (Å²) in [6.45, 7) is 0. The van der Waals surface area contributed by atoms with Gasteiger partial charge in [0.1, 0.15) is 5.75 Å². The molecule has 3 aromatic rings. The van der Waals surface area contributed by atoms with Crippen LogP contribution >= 0.6 is 0 Å². The number of hydrogen-bond donors (Lipinski definition) is 0. The zero-order valence-corrected chi connectivity index (χ0v) is 10.7. The topological polar surface area (TPSA) is 48.7 Å². The molecule has 0 N–H and O–H groups in total. The molecule has 0 atom stereocenters. The minimum absolute atomic E-state index is 0.697. The Kier molecular flexibility index (Phi) is 2.79. The van der Waals surface area contributed by atoms with Crippen molar-refractivity contribution in [2.45, 2.75) is 0 Å². The zero-order chi connectivity index (χ0) is 13.2. The molecule has 0 aliphatic rings. The van der Waals surface area contributed by atoms with E-state index in [9.17, 15) is 0 Å². The van der Waals surface area contributed by atoms with Gasteiger partial charge in [0.25, 0.3) is 0 Å². The highest BCUT2D eigenvalue weighted by molar-refractivity contribution is 5.64. The van der Waals surface area contributed by atoms with E-state index in [0.717, 1.165) is 17.1 Å². The highest BCUT2D eigenvalue weighted by Crippen LogP contribution is 2.25. The van der Waals surface area contributed by atoms with Crippen molar-refractivity contribution in [1.29, 1.82) is 0 Å². The SMILES string of the molecule is COc1cccc(-c2nnc3c(OC)cccn23)c1. The molecule has 0 radical (unpaired) electrons. The molecule has 5 nitrogen and oxygen atoms in total. The Hall–Kier alpha value is -2.56. The highest BCUT2D eigenvalue weighted by atomic mass is 16.5. The van der Waals surface area contributed by atoms with Crippen molar-refractivity contribution in [2.24, 2.45) is 0 Å². The van der Waals surface area contributed by atoms with Gasteiger partial charge >= 0.3 is 0 Å². The van der Waals surface area contributed by atoms with Crippen LogP contribution in [0.4, 0.5) is 0 Å². The lowest BCUT2D eigenvalue weighted by atomic mass is 10.2. The fourth-order valence-electron chi connectivity index (χ4n) is 2.01. The van der Waals surface area contributed by atoms with Gasteiger partial charge in [-0.3, -0.25) is 4.40 Å². The first kappa shape index (κ1) is 11.5. The van der Waals surface area contributed by atoms with E-state index in [2.05, 4.69) is 10.2 Å². The van der Waals surface area contributed by atoms with Crippen LogP contribution in [0.1, 0.15) is 0 Å². The number of ether oxygens (including phenoxy) is 2. The third-order valence-electron chi connectivity index (χ3n) is 2.95. The fourth-order valence-corrected chi connectivity index (χ4v) is 2.01. The lowest BCUT2D eigenvalue weighted by Gasteiger charge is -2.04. The average Bonchev–Trinajstić information content (AvgIpc) is 2.91. The number of aromatic nitrogens is 3. The highest BCUT2D eigenvalue weighted by Gasteiger charge is 2.11. The number of nitrogens with zero attached hydrogens (tertiary/aromatic N) is 3. The molecule has 0 bridgehead atoms. The predicted octanol–water partition coefficient (Wildman–Crippen LogP) is 2.41. The molecule has 5 heteroatoms. The van der Waals surface area contributed by atoms with E-state index < -0.39 is 0 Å². The number of pyridine rings is 1. The number of hydrogen-bond acceptors (Lipinski definition) is 4. The molecule has 19 heavy (non-hydrogen) atoms. The third kappa shape index (κ3) is 1.89. The Labute approximate surface area is 110 Å². The Balaban J connectivity index is 2.20. The Morgan fingerprint density at radius 2 is 1.89 bits per heavy atom. The summed E-state index contributed by atoms with van der Waals surface area (Å²) in [6.07, 6.45) is 1.91. The van der Waals surface area contributed by atoms with Crippen LogP contribution in [-0.4, -0.2) is 28.8 Å². The quantitative estimate of drug-likeness (QED) is 0.721. The van der Waals surface area contributed by atoms with Gasteiger partial charge in [0, 0.05) is 11.8 Å². The molecular weight excluding hydrogens is 242 g/mol. The summed E-state index contributed by atoms with van der Waals surface area (Å²) in [7, 11) is 3.26. The first-order chi connectivity index (χ1) is 9.33. The largest absolute Gasteiger partial charge is 0.497 e. The number of fused-ring (bicyclic) bond motifs is 1. The normalized spacial score (nSPS) is 10.6. The lowest BCUT2D eigenvalue weighted by molar-refractivity contribution is 0.415. The van der Waals surface area contributed by atoms with E-state index >= 15 is 0 Å². The first-order valence-electron chi connectivity index (χ1n) is 5.85. The van der Waals surface area contributed by atoms with Gasteiger partial charge in [0.15, 0.2) is 11.6 Å². The predicted molar refractivity (Wildman–Crippen MR) is 71.5 cm³/mol. The lowest BCUT2D eigenvalue weighted by Crippen LogP contribution is -1.92. The second-order valence-electron chi connectivity index (χ2n) is 4.03. The average molecular weight is 255 g/mol. The summed E-state index contributed by atoms with van der Waals surface area (Å²) in [6, 6.07) is 11.5. The van der Waals surface area contributed by atoms with Gasteiger partial charge in [0.2, 0.25) is 5.65 Å². The molecule has 0 aliphatic carbocycles. The summed E-state index contributed by atoms with van der Waals surface area (Å²) in [5.41, 5.74) is 1.64. The zero-order valence-electron chi connectivity index (χ0n) is 10.7. The second kappa shape index (κ2) is 4.61. The molecule has 0 amide bonds. The summed E-state index contributed by atoms with van der Waals surface area (Å²) in [5.74, 6) is 2.24. The maximum absolute atomic E-state index is 5.27. The Morgan fingerprint density at radius 3 is 2.68 bits per heavy atom. The molecule has 3 rings (SSSR count). The van der Waals surface area contributed by atoms with Crippen molar-refractivity contribution >= 4 is 5.65 Å². The van der Waals surface area contributed by atoms with Crippen molar-refractivity contribution in [2.75, 3.05) is 14.2 Å². The summed E-state index contributed by atoms with van der Waals surface area (Å²) < 4.78 is 12.4. The standard InChI is InChI=1S/C14H13N3O2/c1-18-11-6-3-5-10(9-11)13-15-16-14-12(19-2)7-4-8-17(13)14/h3-9H,1-2H3. The van der Waals surface area contributed by atoms with Crippen LogP contribution in [0.2, 0.25) is 0 Å². The molecule has 0 fully saturated rings. The minimum Gasteiger partial charge on any atom is -0.497 e. The molecule has 96 valence electrons. The molecule has 2 aromatic heterocycles. The van der Waals surface area contributed by atoms with Crippen molar-refractivity contribution in [3.8, 4) is 22.9 Å². The van der Waals surface area contributed by atoms with Gasteiger partial charge in [-0.15, -0.1) is 10.2 Å². The summed E-state index contributed by atoms with van der Waals surface area (Å²) >= 11 is 0. The van der Waals surface area contributed by atoms with E-state index in [0.29, 0.717) is 11.4 Å². The van der Waals surface area contributed by atoms with Crippen LogP contribution in [0.5, 0.6) is 11.5 Å². The van der Waals surface area contributed by atoms with Crippen molar-refractivity contribution in [3.63, 3.8) is 0 Å². The van der Waals surface area contributed by atoms with Crippen LogP contribution < -0.4 is 9.47 Å². The van der Waals surface area contributed by atoms with E-state index in [1.807, 2.05) is 47.0 Å². The van der Waals surface area contributed by atoms with Crippen LogP contribution in [-0.2, 0) is 0 Å². The van der Waals surface area contributed by atoms with Gasteiger partial charge in [-0.05, 0) is 24.3 Å². The molecular formula is C14H13N3O2. The molecule has 0 spiro atoms. The van der Waals surface area contributed by atoms with Crippen LogP contribution in [0.25, 0.3) is 17.0 Å². The summed E-state index contributed by atoms with van der Waals surface area (Å²) in [5, 5.41) is 8.40. The van der Waals surface area contributed by atoms with E-state index in [4.69, 9.17) is 9.47 Å². The van der Waals surface area contributed by atoms with Crippen molar-refractivity contribution < 1.29 is 9.47 Å². The molecule has 2 heterocycles. The molecule has 0 aliphatic heterocycles. The first-order valence-corrected chi connectivity index (χ1v) is 5.85. The smallest absolute Gasteiger partial charge is 0.203 e. The maximum atomic E-state index is 5.27. The van der Waals surface area contributed by atoms with Gasteiger partial charge < -0.3 is 9.47 Å². The van der Waals surface area contributed by atoms with E-state index in [-0.39, 0.29) is 0 Å². The van der Waals surface area contributed by atoms with Crippen LogP contribution in [0, 0.1) is 0 Å². The number of methoxy groups -OCH3 is 2. The Bertz CT molecular complexity index is 722. The van der Waals surface area contributed by atoms with Gasteiger partial charge in [-0.2, -0.15) is 0 Å². The van der Waals surface area contributed by atoms with Gasteiger partial charge in [0.05, 0.1) is 14.2 Å². The van der Waals surface area contributed by atoms with Gasteiger partial charge in [-0.25, -0.2) is 0 Å². The van der Waals surface area contributed by atoms with E-state index in [1.54, 1.807) is 14.2 Å². The second-order valence-corrected chi connectivity index (χ2v) is 4.03. The monoisotopic (exact) mass is 255 g/mol. The molecule has 0 unspecified atom stereocenters. The van der Waals surface area contributed by atoms with Crippen molar-refractivity contribution in [3.05, 3.63) is 42.6 Å². The van der Waals surface area contributed by atoms with E-state index in [1.165, 1.54) is 0 Å². The molecule has 0 saturated carbocycles. The van der Waals surface area contributed by atoms with Crippen molar-refractivity contribution in [1.82, 2.24) is 14.6 Å².